The third-order valence-corrected chi connectivity index (χ3v) is 4.22. The molecule has 4 nitrogen and oxygen atoms in total. The number of hydrogen-bond donors (Lipinski definition) is 2. The van der Waals surface area contributed by atoms with Gasteiger partial charge in [-0.25, -0.2) is 0 Å². The molecule has 22 heavy (non-hydrogen) atoms. The Balaban J connectivity index is 1.81. The molecule has 1 aromatic carbocycles. The third-order valence-electron chi connectivity index (χ3n) is 3.67. The Kier molecular flexibility index (Phi) is 5.70. The maximum Gasteiger partial charge on any atom is 0.228 e. The van der Waals surface area contributed by atoms with Crippen LogP contribution in [0.5, 0.6) is 0 Å². The maximum atomic E-state index is 12.1. The molecule has 1 aliphatic carbocycles. The number of anilines is 1. The molecular formula is C16H20Cl2N2O2. The lowest BCUT2D eigenvalue weighted by atomic mass is 10.1. The molecule has 6 heteroatoms. The first-order chi connectivity index (χ1) is 10.4. The van der Waals surface area contributed by atoms with Crippen LogP contribution in [0.15, 0.2) is 18.2 Å². The number of nitrogens with one attached hydrogen (secondary N) is 2. The van der Waals surface area contributed by atoms with Crippen molar-refractivity contribution in [3.05, 3.63) is 28.2 Å². The van der Waals surface area contributed by atoms with Gasteiger partial charge in [0, 0.05) is 11.6 Å². The topological polar surface area (TPSA) is 58.2 Å². The fraction of sp³-hybridized carbons (Fsp3) is 0.500. The first-order valence-corrected chi connectivity index (χ1v) is 8.17. The van der Waals surface area contributed by atoms with Crippen LogP contribution in [-0.4, -0.2) is 18.4 Å². The monoisotopic (exact) mass is 342 g/mol. The summed E-state index contributed by atoms with van der Waals surface area (Å²) in [5.41, 5.74) is 0.516. The summed E-state index contributed by atoms with van der Waals surface area (Å²) in [4.78, 5) is 24.1. The number of hydrogen-bond acceptors (Lipinski definition) is 2. The van der Waals surface area contributed by atoms with Crippen LogP contribution < -0.4 is 10.6 Å². The number of carbonyl (C=O) groups is 2. The highest BCUT2D eigenvalue weighted by Gasteiger charge is 2.47. The van der Waals surface area contributed by atoms with Crippen molar-refractivity contribution < 1.29 is 9.59 Å². The number of amides is 2. The summed E-state index contributed by atoms with van der Waals surface area (Å²) in [6.07, 6.45) is 1.53. The predicted octanol–water partition coefficient (Wildman–Crippen LogP) is 3.73. The summed E-state index contributed by atoms with van der Waals surface area (Å²) in [5, 5.41) is 6.53. The van der Waals surface area contributed by atoms with Gasteiger partial charge in [-0.1, -0.05) is 37.0 Å². The van der Waals surface area contributed by atoms with Gasteiger partial charge in [-0.3, -0.25) is 9.59 Å². The number of halogens is 2. The molecule has 0 aromatic heterocycles. The summed E-state index contributed by atoms with van der Waals surface area (Å²) in [5.74, 6) is -0.161. The molecule has 2 atom stereocenters. The molecule has 1 fully saturated rings. The zero-order valence-electron chi connectivity index (χ0n) is 12.7. The lowest BCUT2D eigenvalue weighted by molar-refractivity contribution is -0.125. The van der Waals surface area contributed by atoms with Crippen LogP contribution in [0.4, 0.5) is 5.69 Å². The molecule has 1 saturated carbocycles. The van der Waals surface area contributed by atoms with Gasteiger partial charge in [-0.2, -0.15) is 0 Å². The van der Waals surface area contributed by atoms with E-state index in [1.54, 1.807) is 18.2 Å². The quantitative estimate of drug-likeness (QED) is 0.827. The molecule has 2 amide bonds. The van der Waals surface area contributed by atoms with Crippen LogP contribution in [0, 0.1) is 17.8 Å². The van der Waals surface area contributed by atoms with Gasteiger partial charge >= 0.3 is 0 Å². The van der Waals surface area contributed by atoms with Crippen molar-refractivity contribution >= 4 is 40.7 Å². The SMILES string of the molecule is CC(C)CCNC(=O)C1CC1C(=O)Nc1ccc(Cl)cc1Cl. The first-order valence-electron chi connectivity index (χ1n) is 7.42. The molecule has 1 aromatic rings. The van der Waals surface area contributed by atoms with Gasteiger partial charge in [0.05, 0.1) is 22.5 Å². The molecule has 0 heterocycles. The Morgan fingerprint density at radius 3 is 2.55 bits per heavy atom. The Bertz CT molecular complexity index is 575. The smallest absolute Gasteiger partial charge is 0.228 e. The van der Waals surface area contributed by atoms with Gasteiger partial charge in [0.2, 0.25) is 11.8 Å². The van der Waals surface area contributed by atoms with Crippen molar-refractivity contribution in [1.82, 2.24) is 5.32 Å². The van der Waals surface area contributed by atoms with Gasteiger partial charge < -0.3 is 10.6 Å². The molecular weight excluding hydrogens is 323 g/mol. The van der Waals surface area contributed by atoms with Gasteiger partial charge in [0.25, 0.3) is 0 Å². The first kappa shape index (κ1) is 17.1. The van der Waals surface area contributed by atoms with Gasteiger partial charge in [0.15, 0.2) is 0 Å². The average molecular weight is 343 g/mol. The van der Waals surface area contributed by atoms with Gasteiger partial charge in [-0.15, -0.1) is 0 Å². The highest BCUT2D eigenvalue weighted by molar-refractivity contribution is 6.36. The van der Waals surface area contributed by atoms with E-state index in [1.807, 2.05) is 0 Å². The van der Waals surface area contributed by atoms with E-state index in [0.717, 1.165) is 6.42 Å². The van der Waals surface area contributed by atoms with Gasteiger partial charge in [0.1, 0.15) is 0 Å². The van der Waals surface area contributed by atoms with Gasteiger partial charge in [-0.05, 0) is 37.0 Å². The third kappa shape index (κ3) is 4.62. The fourth-order valence-corrected chi connectivity index (χ4v) is 2.66. The van der Waals surface area contributed by atoms with E-state index in [9.17, 15) is 9.59 Å². The second kappa shape index (κ2) is 7.34. The van der Waals surface area contributed by atoms with E-state index in [0.29, 0.717) is 34.6 Å². The average Bonchev–Trinajstić information content (AvgIpc) is 3.22. The zero-order valence-corrected chi connectivity index (χ0v) is 14.2. The Hall–Kier alpha value is -1.26. The van der Waals surface area contributed by atoms with E-state index in [1.165, 1.54) is 0 Å². The van der Waals surface area contributed by atoms with Crippen LogP contribution in [0.3, 0.4) is 0 Å². The predicted molar refractivity (Wildman–Crippen MR) is 89.2 cm³/mol. The Labute approximate surface area is 140 Å². The molecule has 2 N–H and O–H groups in total. The normalized spacial score (nSPS) is 19.9. The Morgan fingerprint density at radius 2 is 1.91 bits per heavy atom. The molecule has 120 valence electrons. The molecule has 0 aliphatic heterocycles. The largest absolute Gasteiger partial charge is 0.356 e. The van der Waals surface area contributed by atoms with Crippen molar-refractivity contribution in [3.63, 3.8) is 0 Å². The van der Waals surface area contributed by atoms with Crippen molar-refractivity contribution in [3.8, 4) is 0 Å². The highest BCUT2D eigenvalue weighted by atomic mass is 35.5. The van der Waals surface area contributed by atoms with Crippen LogP contribution >= 0.6 is 23.2 Å². The number of carbonyl (C=O) groups excluding carboxylic acids is 2. The standard InChI is InChI=1S/C16H20Cl2N2O2/c1-9(2)5-6-19-15(21)11-8-12(11)16(22)20-14-4-3-10(17)7-13(14)18/h3-4,7,9,11-12H,5-6,8H2,1-2H3,(H,19,21)(H,20,22). The van der Waals surface area contributed by atoms with E-state index >= 15 is 0 Å². The zero-order chi connectivity index (χ0) is 16.3. The van der Waals surface area contributed by atoms with Crippen LogP contribution in [0.1, 0.15) is 26.7 Å². The molecule has 0 spiro atoms. The lowest BCUT2D eigenvalue weighted by Crippen LogP contribution is -2.28. The minimum atomic E-state index is -0.272. The van der Waals surface area contributed by atoms with E-state index in [4.69, 9.17) is 23.2 Å². The molecule has 0 saturated heterocycles. The number of rotatable bonds is 6. The van der Waals surface area contributed by atoms with E-state index in [2.05, 4.69) is 24.5 Å². The summed E-state index contributed by atoms with van der Waals surface area (Å²) in [7, 11) is 0. The van der Waals surface area contributed by atoms with Crippen LogP contribution in [-0.2, 0) is 9.59 Å². The second-order valence-corrected chi connectivity index (χ2v) is 6.88. The number of benzene rings is 1. The van der Waals surface area contributed by atoms with Crippen LogP contribution in [0.2, 0.25) is 10.0 Å². The highest BCUT2D eigenvalue weighted by Crippen LogP contribution is 2.40. The molecule has 0 radical (unpaired) electrons. The molecule has 0 bridgehead atoms. The lowest BCUT2D eigenvalue weighted by Gasteiger charge is -2.08. The van der Waals surface area contributed by atoms with Crippen molar-refractivity contribution in [2.24, 2.45) is 17.8 Å². The molecule has 2 rings (SSSR count). The molecule has 1 aliphatic rings. The minimum absolute atomic E-state index is 0.0389. The Morgan fingerprint density at radius 1 is 1.23 bits per heavy atom. The fourth-order valence-electron chi connectivity index (χ4n) is 2.21. The summed E-state index contributed by atoms with van der Waals surface area (Å²) >= 11 is 11.8. The van der Waals surface area contributed by atoms with E-state index < -0.39 is 0 Å². The van der Waals surface area contributed by atoms with E-state index in [-0.39, 0.29) is 23.7 Å². The van der Waals surface area contributed by atoms with Crippen molar-refractivity contribution in [2.45, 2.75) is 26.7 Å². The van der Waals surface area contributed by atoms with Crippen molar-refractivity contribution in [1.29, 1.82) is 0 Å². The summed E-state index contributed by atoms with van der Waals surface area (Å²) in [6, 6.07) is 4.89. The maximum absolute atomic E-state index is 12.1. The summed E-state index contributed by atoms with van der Waals surface area (Å²) < 4.78 is 0. The second-order valence-electron chi connectivity index (χ2n) is 6.04. The molecule has 2 unspecified atom stereocenters. The van der Waals surface area contributed by atoms with Crippen LogP contribution in [0.25, 0.3) is 0 Å². The minimum Gasteiger partial charge on any atom is -0.356 e. The van der Waals surface area contributed by atoms with Crippen molar-refractivity contribution in [2.75, 3.05) is 11.9 Å². The summed E-state index contributed by atoms with van der Waals surface area (Å²) in [6.45, 7) is 4.87.